The Balaban J connectivity index is 2.25. The predicted octanol–water partition coefficient (Wildman–Crippen LogP) is 3.07. The zero-order valence-electron chi connectivity index (χ0n) is 12.4. The minimum Gasteiger partial charge on any atom is -0.502 e. The van der Waals surface area contributed by atoms with Crippen LogP contribution in [-0.4, -0.2) is 36.2 Å². The lowest BCUT2D eigenvalue weighted by molar-refractivity contribution is 0.0702. The van der Waals surface area contributed by atoms with E-state index in [2.05, 4.69) is 0 Å². The number of hydrogen-bond donors (Lipinski definition) is 2. The molecule has 120 valence electrons. The van der Waals surface area contributed by atoms with Crippen molar-refractivity contribution in [2.45, 2.75) is 0 Å². The zero-order chi connectivity index (χ0) is 17.0. The summed E-state index contributed by atoms with van der Waals surface area (Å²) in [6, 6.07) is 5.97. The molecule has 6 nitrogen and oxygen atoms in total. The van der Waals surface area contributed by atoms with Crippen molar-refractivity contribution in [3.63, 3.8) is 0 Å². The number of phenols is 1. The van der Waals surface area contributed by atoms with Crippen LogP contribution in [-0.2, 0) is 0 Å². The third-order valence-corrected chi connectivity index (χ3v) is 4.08. The highest BCUT2D eigenvalue weighted by atomic mass is 32.1. The molecule has 0 bridgehead atoms. The van der Waals surface area contributed by atoms with E-state index in [0.717, 1.165) is 11.3 Å². The molecule has 1 aromatic heterocycles. The van der Waals surface area contributed by atoms with Crippen LogP contribution in [0.1, 0.15) is 24.9 Å². The number of hydrogen-bond acceptors (Lipinski definition) is 6. The summed E-state index contributed by atoms with van der Waals surface area (Å²) in [6.07, 6.45) is 2.86. The smallest absolute Gasteiger partial charge is 0.345 e. The molecule has 0 spiro atoms. The quantitative estimate of drug-likeness (QED) is 0.623. The first-order valence-corrected chi connectivity index (χ1v) is 7.28. The molecule has 0 fully saturated rings. The molecule has 0 saturated carbocycles. The van der Waals surface area contributed by atoms with Gasteiger partial charge in [-0.3, -0.25) is 4.79 Å². The highest BCUT2D eigenvalue weighted by Crippen LogP contribution is 2.37. The van der Waals surface area contributed by atoms with Crippen LogP contribution >= 0.6 is 11.3 Å². The van der Waals surface area contributed by atoms with Crippen LogP contribution in [0.25, 0.3) is 6.08 Å². The van der Waals surface area contributed by atoms with Gasteiger partial charge in [0.25, 0.3) is 0 Å². The summed E-state index contributed by atoms with van der Waals surface area (Å²) in [5.74, 6) is -1.05. The van der Waals surface area contributed by atoms with Crippen LogP contribution in [0.5, 0.6) is 17.2 Å². The first-order valence-electron chi connectivity index (χ1n) is 6.46. The Bertz CT molecular complexity index is 750. The van der Waals surface area contributed by atoms with Gasteiger partial charge in [-0.25, -0.2) is 4.79 Å². The molecule has 0 atom stereocenters. The molecule has 0 aliphatic rings. The van der Waals surface area contributed by atoms with Crippen LogP contribution in [0, 0.1) is 0 Å². The van der Waals surface area contributed by atoms with E-state index in [4.69, 9.17) is 14.6 Å². The Morgan fingerprint density at radius 3 is 2.13 bits per heavy atom. The third kappa shape index (κ3) is 3.70. The second-order valence-electron chi connectivity index (χ2n) is 4.44. The molecule has 2 aromatic rings. The highest BCUT2D eigenvalue weighted by Gasteiger charge is 2.12. The van der Waals surface area contributed by atoms with Crippen molar-refractivity contribution < 1.29 is 29.3 Å². The van der Waals surface area contributed by atoms with Crippen molar-refractivity contribution in [3.05, 3.63) is 45.7 Å². The molecule has 7 heteroatoms. The van der Waals surface area contributed by atoms with E-state index < -0.39 is 5.97 Å². The number of thiophene rings is 1. The number of rotatable bonds is 6. The lowest BCUT2D eigenvalue weighted by atomic mass is 10.1. The second-order valence-corrected chi connectivity index (χ2v) is 5.52. The molecule has 0 aliphatic heterocycles. The number of carbonyl (C=O) groups excluding carboxylic acids is 1. The Kier molecular flexibility index (Phi) is 5.02. The van der Waals surface area contributed by atoms with E-state index in [9.17, 15) is 14.7 Å². The minimum absolute atomic E-state index is 0.106. The molecule has 0 unspecified atom stereocenters. The zero-order valence-corrected chi connectivity index (χ0v) is 13.2. The van der Waals surface area contributed by atoms with Gasteiger partial charge in [-0.2, -0.15) is 0 Å². The predicted molar refractivity (Wildman–Crippen MR) is 85.9 cm³/mol. The number of ketones is 1. The first-order chi connectivity index (χ1) is 11.0. The van der Waals surface area contributed by atoms with E-state index in [-0.39, 0.29) is 27.9 Å². The lowest BCUT2D eigenvalue weighted by Gasteiger charge is -2.09. The van der Waals surface area contributed by atoms with Gasteiger partial charge in [-0.05, 0) is 35.9 Å². The van der Waals surface area contributed by atoms with Crippen molar-refractivity contribution in [2.75, 3.05) is 14.2 Å². The van der Waals surface area contributed by atoms with E-state index in [1.807, 2.05) is 0 Å². The topological polar surface area (TPSA) is 93.1 Å². The van der Waals surface area contributed by atoms with Crippen LogP contribution < -0.4 is 9.47 Å². The molecule has 0 aliphatic carbocycles. The minimum atomic E-state index is -1.06. The number of carbonyl (C=O) groups is 2. The Morgan fingerprint density at radius 2 is 1.65 bits per heavy atom. The molecule has 0 radical (unpaired) electrons. The maximum Gasteiger partial charge on any atom is 0.345 e. The van der Waals surface area contributed by atoms with Crippen LogP contribution in [0.2, 0.25) is 0 Å². The van der Waals surface area contributed by atoms with Gasteiger partial charge in [0.15, 0.2) is 17.3 Å². The van der Waals surface area contributed by atoms with E-state index >= 15 is 0 Å². The van der Waals surface area contributed by atoms with Gasteiger partial charge >= 0.3 is 5.97 Å². The van der Waals surface area contributed by atoms with Gasteiger partial charge in [0.1, 0.15) is 4.88 Å². The Morgan fingerprint density at radius 1 is 1.09 bits per heavy atom. The maximum absolute atomic E-state index is 12.0. The van der Waals surface area contributed by atoms with Crippen LogP contribution in [0.3, 0.4) is 0 Å². The van der Waals surface area contributed by atoms with Crippen molar-refractivity contribution in [1.29, 1.82) is 0 Å². The average Bonchev–Trinajstić information content (AvgIpc) is 3.03. The number of allylic oxidation sites excluding steroid dienone is 1. The summed E-state index contributed by atoms with van der Waals surface area (Å²) in [5, 5.41) is 18.7. The SMILES string of the molecule is COc1cc(/C=C/C(=O)c2ccc(C(=O)O)s2)cc(OC)c1O. The molecule has 1 aromatic carbocycles. The molecule has 2 N–H and O–H groups in total. The number of phenolic OH excluding ortho intramolecular Hbond substituents is 1. The lowest BCUT2D eigenvalue weighted by Crippen LogP contribution is -1.92. The van der Waals surface area contributed by atoms with Crippen LogP contribution in [0.15, 0.2) is 30.3 Å². The summed E-state index contributed by atoms with van der Waals surface area (Å²) < 4.78 is 10.1. The number of carboxylic acid groups (broad SMARTS) is 1. The number of ether oxygens (including phenoxy) is 2. The monoisotopic (exact) mass is 334 g/mol. The van der Waals surface area contributed by atoms with E-state index in [1.165, 1.54) is 38.5 Å². The summed E-state index contributed by atoms with van der Waals surface area (Å²) in [7, 11) is 2.82. The van der Waals surface area contributed by atoms with Gasteiger partial charge < -0.3 is 19.7 Å². The van der Waals surface area contributed by atoms with E-state index in [1.54, 1.807) is 12.1 Å². The standard InChI is InChI=1S/C16H14O6S/c1-21-11-7-9(8-12(22-2)15(11)18)3-4-10(17)13-5-6-14(23-13)16(19)20/h3-8,18H,1-2H3,(H,19,20)/b4-3+. The highest BCUT2D eigenvalue weighted by molar-refractivity contribution is 7.16. The number of aromatic carboxylic acids is 1. The summed E-state index contributed by atoms with van der Waals surface area (Å²) in [6.45, 7) is 0. The van der Waals surface area contributed by atoms with Gasteiger partial charge in [-0.15, -0.1) is 11.3 Å². The van der Waals surface area contributed by atoms with E-state index in [0.29, 0.717) is 10.4 Å². The summed E-state index contributed by atoms with van der Waals surface area (Å²) in [5.41, 5.74) is 0.597. The van der Waals surface area contributed by atoms with Crippen molar-refractivity contribution in [3.8, 4) is 17.2 Å². The third-order valence-electron chi connectivity index (χ3n) is 2.99. The summed E-state index contributed by atoms with van der Waals surface area (Å²) in [4.78, 5) is 23.3. The normalized spacial score (nSPS) is 10.7. The number of carboxylic acids is 1. The first kappa shape index (κ1) is 16.6. The molecule has 0 amide bonds. The average molecular weight is 334 g/mol. The fraction of sp³-hybridized carbons (Fsp3) is 0.125. The van der Waals surface area contributed by atoms with Gasteiger partial charge in [0.2, 0.25) is 5.75 Å². The maximum atomic E-state index is 12.0. The van der Waals surface area contributed by atoms with Crippen molar-refractivity contribution in [2.24, 2.45) is 0 Å². The molecular formula is C16H14O6S. The Labute approximate surface area is 136 Å². The molecule has 1 heterocycles. The molecule has 0 saturated heterocycles. The molecular weight excluding hydrogens is 320 g/mol. The van der Waals surface area contributed by atoms with Crippen molar-refractivity contribution in [1.82, 2.24) is 0 Å². The number of methoxy groups -OCH3 is 2. The van der Waals surface area contributed by atoms with Crippen LogP contribution in [0.4, 0.5) is 0 Å². The summed E-state index contributed by atoms with van der Waals surface area (Å²) >= 11 is 0.912. The number of aromatic hydroxyl groups is 1. The van der Waals surface area contributed by atoms with Gasteiger partial charge in [-0.1, -0.05) is 6.08 Å². The number of benzene rings is 1. The van der Waals surface area contributed by atoms with Gasteiger partial charge in [0.05, 0.1) is 19.1 Å². The largest absolute Gasteiger partial charge is 0.502 e. The Hall–Kier alpha value is -2.80. The molecule has 2 rings (SSSR count). The fourth-order valence-electron chi connectivity index (χ4n) is 1.85. The van der Waals surface area contributed by atoms with Gasteiger partial charge in [0, 0.05) is 0 Å². The fourth-order valence-corrected chi connectivity index (χ4v) is 2.61. The second kappa shape index (κ2) is 6.97. The van der Waals surface area contributed by atoms with Crippen molar-refractivity contribution >= 4 is 29.2 Å². The molecule has 23 heavy (non-hydrogen) atoms.